The number of benzene rings is 1. The fourth-order valence-electron chi connectivity index (χ4n) is 3.39. The van der Waals surface area contributed by atoms with E-state index in [9.17, 15) is 9.90 Å². The van der Waals surface area contributed by atoms with Crippen molar-refractivity contribution < 1.29 is 14.6 Å². The first-order valence-corrected chi connectivity index (χ1v) is 8.73. The van der Waals surface area contributed by atoms with Crippen LogP contribution in [0.4, 0.5) is 0 Å². The summed E-state index contributed by atoms with van der Waals surface area (Å²) in [6.45, 7) is 1.67. The molecule has 1 N–H and O–H groups in total. The molecule has 24 heavy (non-hydrogen) atoms. The zero-order valence-electron chi connectivity index (χ0n) is 15.1. The molecule has 5 nitrogen and oxygen atoms in total. The summed E-state index contributed by atoms with van der Waals surface area (Å²) in [6, 6.07) is 7.76. The number of para-hydroxylation sites is 1. The van der Waals surface area contributed by atoms with E-state index in [1.807, 2.05) is 43.3 Å². The van der Waals surface area contributed by atoms with Crippen molar-refractivity contribution >= 4 is 5.91 Å². The first-order chi connectivity index (χ1) is 11.5. The Morgan fingerprint density at radius 2 is 1.96 bits per heavy atom. The predicted octanol–water partition coefficient (Wildman–Crippen LogP) is 2.14. The predicted molar refractivity (Wildman–Crippen MR) is 94.9 cm³/mol. The monoisotopic (exact) mass is 334 g/mol. The summed E-state index contributed by atoms with van der Waals surface area (Å²) in [5.74, 6) is 1.17. The van der Waals surface area contributed by atoms with Gasteiger partial charge in [-0.05, 0) is 31.9 Å². The number of aliphatic hydroxyl groups excluding tert-OH is 1. The van der Waals surface area contributed by atoms with Crippen LogP contribution in [0.5, 0.6) is 5.75 Å². The van der Waals surface area contributed by atoms with Gasteiger partial charge in [-0.25, -0.2) is 0 Å². The molecule has 1 aromatic carbocycles. The maximum Gasteiger partial charge on any atom is 0.236 e. The second kappa shape index (κ2) is 9.04. The third-order valence-corrected chi connectivity index (χ3v) is 4.85. The van der Waals surface area contributed by atoms with E-state index in [-0.39, 0.29) is 17.9 Å². The van der Waals surface area contributed by atoms with Gasteiger partial charge in [-0.1, -0.05) is 31.0 Å². The number of nitrogens with zero attached hydrogens (tertiary/aromatic N) is 2. The molecule has 1 amide bonds. The molecule has 0 aliphatic heterocycles. The minimum absolute atomic E-state index is 0.0775. The van der Waals surface area contributed by atoms with Gasteiger partial charge in [-0.15, -0.1) is 0 Å². The van der Waals surface area contributed by atoms with E-state index in [1.165, 1.54) is 6.42 Å². The van der Waals surface area contributed by atoms with E-state index in [0.717, 1.165) is 37.1 Å². The Morgan fingerprint density at radius 3 is 2.67 bits per heavy atom. The SMILES string of the molecule is COc1ccccc1CN(C)C(=O)CN(C)CC1CCCCC1O. The van der Waals surface area contributed by atoms with Crippen LogP contribution in [0.15, 0.2) is 24.3 Å². The number of aliphatic hydroxyl groups is 1. The van der Waals surface area contributed by atoms with E-state index < -0.39 is 0 Å². The summed E-state index contributed by atoms with van der Waals surface area (Å²) in [6.07, 6.45) is 4.01. The van der Waals surface area contributed by atoms with E-state index in [2.05, 4.69) is 0 Å². The van der Waals surface area contributed by atoms with Crippen molar-refractivity contribution in [1.29, 1.82) is 0 Å². The van der Waals surface area contributed by atoms with Crippen LogP contribution < -0.4 is 4.74 Å². The smallest absolute Gasteiger partial charge is 0.236 e. The summed E-state index contributed by atoms with van der Waals surface area (Å²) >= 11 is 0. The van der Waals surface area contributed by atoms with Gasteiger partial charge in [0.15, 0.2) is 0 Å². The van der Waals surface area contributed by atoms with Gasteiger partial charge < -0.3 is 14.7 Å². The molecule has 1 aliphatic rings. The van der Waals surface area contributed by atoms with Gasteiger partial charge in [0.25, 0.3) is 0 Å². The molecule has 1 aromatic rings. The van der Waals surface area contributed by atoms with Crippen molar-refractivity contribution in [3.05, 3.63) is 29.8 Å². The fraction of sp³-hybridized carbons (Fsp3) is 0.632. The first-order valence-electron chi connectivity index (χ1n) is 8.73. The van der Waals surface area contributed by atoms with Crippen LogP contribution in [-0.4, -0.2) is 61.2 Å². The second-order valence-electron chi connectivity index (χ2n) is 6.87. The van der Waals surface area contributed by atoms with E-state index in [1.54, 1.807) is 12.0 Å². The molecule has 2 rings (SSSR count). The Kier molecular flexibility index (Phi) is 7.06. The van der Waals surface area contributed by atoms with E-state index in [4.69, 9.17) is 4.74 Å². The maximum absolute atomic E-state index is 12.5. The second-order valence-corrected chi connectivity index (χ2v) is 6.87. The van der Waals surface area contributed by atoms with Gasteiger partial charge in [-0.3, -0.25) is 9.69 Å². The van der Waals surface area contributed by atoms with Gasteiger partial charge in [0, 0.05) is 25.7 Å². The molecule has 1 saturated carbocycles. The molecule has 0 bridgehead atoms. The van der Waals surface area contributed by atoms with Crippen LogP contribution in [0, 0.1) is 5.92 Å². The molecule has 0 heterocycles. The molecular weight excluding hydrogens is 304 g/mol. The molecular formula is C19H30N2O3. The Morgan fingerprint density at radius 1 is 1.25 bits per heavy atom. The van der Waals surface area contributed by atoms with Gasteiger partial charge in [0.05, 0.1) is 19.8 Å². The van der Waals surface area contributed by atoms with Crippen molar-refractivity contribution in [1.82, 2.24) is 9.80 Å². The highest BCUT2D eigenvalue weighted by Crippen LogP contribution is 2.25. The molecule has 0 radical (unpaired) electrons. The Balaban J connectivity index is 1.84. The standard InChI is InChI=1S/C19H30N2O3/c1-20(12-15-8-4-6-10-17(15)22)14-19(23)21(2)13-16-9-5-7-11-18(16)24-3/h5,7,9,11,15,17,22H,4,6,8,10,12-14H2,1-3H3. The average molecular weight is 334 g/mol. The van der Waals surface area contributed by atoms with E-state index in [0.29, 0.717) is 13.1 Å². The summed E-state index contributed by atoms with van der Waals surface area (Å²) < 4.78 is 5.34. The number of rotatable bonds is 7. The average Bonchev–Trinajstić information content (AvgIpc) is 2.57. The van der Waals surface area contributed by atoms with Gasteiger partial charge >= 0.3 is 0 Å². The molecule has 134 valence electrons. The minimum Gasteiger partial charge on any atom is -0.496 e. The highest BCUT2D eigenvalue weighted by atomic mass is 16.5. The van der Waals surface area contributed by atoms with Crippen LogP contribution >= 0.6 is 0 Å². The number of amides is 1. The van der Waals surface area contributed by atoms with Crippen molar-refractivity contribution in [3.8, 4) is 5.75 Å². The van der Waals surface area contributed by atoms with Gasteiger partial charge in [0.1, 0.15) is 5.75 Å². The lowest BCUT2D eigenvalue weighted by Gasteiger charge is -2.31. The normalized spacial score (nSPS) is 20.9. The highest BCUT2D eigenvalue weighted by molar-refractivity contribution is 5.78. The zero-order valence-corrected chi connectivity index (χ0v) is 15.1. The van der Waals surface area contributed by atoms with Crippen LogP contribution in [0.3, 0.4) is 0 Å². The lowest BCUT2D eigenvalue weighted by Crippen LogP contribution is -2.41. The number of methoxy groups -OCH3 is 1. The number of carbonyl (C=O) groups excluding carboxylic acids is 1. The van der Waals surface area contributed by atoms with Gasteiger partial charge in [0.2, 0.25) is 5.91 Å². The number of likely N-dealkylation sites (N-methyl/N-ethyl adjacent to an activating group) is 2. The molecule has 2 unspecified atom stereocenters. The zero-order chi connectivity index (χ0) is 17.5. The molecule has 1 fully saturated rings. The first kappa shape index (κ1) is 18.7. The third kappa shape index (κ3) is 5.21. The fourth-order valence-corrected chi connectivity index (χ4v) is 3.39. The minimum atomic E-state index is -0.220. The summed E-state index contributed by atoms with van der Waals surface area (Å²) in [4.78, 5) is 16.2. The van der Waals surface area contributed by atoms with Gasteiger partial charge in [-0.2, -0.15) is 0 Å². The topological polar surface area (TPSA) is 53.0 Å². The highest BCUT2D eigenvalue weighted by Gasteiger charge is 2.25. The number of hydrogen-bond donors (Lipinski definition) is 1. The van der Waals surface area contributed by atoms with Crippen LogP contribution in [0.2, 0.25) is 0 Å². The Hall–Kier alpha value is -1.59. The quantitative estimate of drug-likeness (QED) is 0.830. The van der Waals surface area contributed by atoms with Crippen molar-refractivity contribution in [3.63, 3.8) is 0 Å². The summed E-state index contributed by atoms with van der Waals surface area (Å²) in [5.41, 5.74) is 1.00. The lowest BCUT2D eigenvalue weighted by molar-refractivity contribution is -0.131. The van der Waals surface area contributed by atoms with Crippen LogP contribution in [-0.2, 0) is 11.3 Å². The molecule has 0 aromatic heterocycles. The third-order valence-electron chi connectivity index (χ3n) is 4.85. The number of carbonyl (C=O) groups is 1. The maximum atomic E-state index is 12.5. The number of hydrogen-bond acceptors (Lipinski definition) is 4. The Bertz CT molecular complexity index is 535. The summed E-state index contributed by atoms with van der Waals surface area (Å²) in [5, 5.41) is 10.1. The number of ether oxygens (including phenoxy) is 1. The van der Waals surface area contributed by atoms with Crippen molar-refractivity contribution in [2.45, 2.75) is 38.3 Å². The largest absolute Gasteiger partial charge is 0.496 e. The van der Waals surface area contributed by atoms with E-state index >= 15 is 0 Å². The van der Waals surface area contributed by atoms with Crippen LogP contribution in [0.25, 0.3) is 0 Å². The summed E-state index contributed by atoms with van der Waals surface area (Å²) in [7, 11) is 5.41. The molecule has 0 spiro atoms. The molecule has 5 heteroatoms. The molecule has 1 aliphatic carbocycles. The lowest BCUT2D eigenvalue weighted by atomic mass is 9.86. The molecule has 2 atom stereocenters. The Labute approximate surface area is 145 Å². The van der Waals surface area contributed by atoms with Crippen molar-refractivity contribution in [2.75, 3.05) is 34.3 Å². The molecule has 0 saturated heterocycles. The van der Waals surface area contributed by atoms with Crippen molar-refractivity contribution in [2.24, 2.45) is 5.92 Å². The van der Waals surface area contributed by atoms with Crippen LogP contribution in [0.1, 0.15) is 31.2 Å².